The number of nitrogens with one attached hydrogen (secondary N) is 1. The van der Waals surface area contributed by atoms with Crippen LogP contribution in [0.2, 0.25) is 0 Å². The maximum absolute atomic E-state index is 13.2. The van der Waals surface area contributed by atoms with Crippen LogP contribution >= 0.6 is 0 Å². The van der Waals surface area contributed by atoms with Crippen molar-refractivity contribution in [1.29, 1.82) is 0 Å². The van der Waals surface area contributed by atoms with E-state index in [1.54, 1.807) is 24.3 Å². The molecule has 4 aliphatic carbocycles. The largest absolute Gasteiger partial charge is 0.457 e. The molecular weight excluding hydrogens is 382 g/mol. The van der Waals surface area contributed by atoms with E-state index < -0.39 is 10.0 Å². The molecule has 2 aromatic carbocycles. The Bertz CT molecular complexity index is 998. The molecule has 4 fully saturated rings. The van der Waals surface area contributed by atoms with Gasteiger partial charge in [0.1, 0.15) is 11.5 Å². The molecule has 2 atom stereocenters. The molecule has 0 saturated heterocycles. The molecule has 154 valence electrons. The van der Waals surface area contributed by atoms with Gasteiger partial charge in [0.2, 0.25) is 10.0 Å². The summed E-state index contributed by atoms with van der Waals surface area (Å²) >= 11 is 0. The van der Waals surface area contributed by atoms with Crippen LogP contribution in [0.4, 0.5) is 0 Å². The zero-order valence-corrected chi connectivity index (χ0v) is 18.0. The highest BCUT2D eigenvalue weighted by Crippen LogP contribution is 2.66. The second-order valence-corrected chi connectivity index (χ2v) is 12.1. The Labute approximate surface area is 173 Å². The van der Waals surface area contributed by atoms with Crippen LogP contribution in [0.25, 0.3) is 0 Å². The van der Waals surface area contributed by atoms with E-state index >= 15 is 0 Å². The molecule has 1 N–H and O–H groups in total. The van der Waals surface area contributed by atoms with Crippen molar-refractivity contribution in [2.45, 2.75) is 62.8 Å². The van der Waals surface area contributed by atoms with Gasteiger partial charge in [-0.3, -0.25) is 0 Å². The fourth-order valence-electron chi connectivity index (χ4n) is 7.22. The zero-order chi connectivity index (χ0) is 20.3. The Hall–Kier alpha value is -1.85. The van der Waals surface area contributed by atoms with E-state index in [4.69, 9.17) is 4.74 Å². The molecule has 2 unspecified atom stereocenters. The summed E-state index contributed by atoms with van der Waals surface area (Å²) in [5.41, 5.74) is 0.245. The van der Waals surface area contributed by atoms with Gasteiger partial charge in [-0.15, -0.1) is 0 Å². The molecule has 5 heteroatoms. The molecular formula is C24H29NO3S. The van der Waals surface area contributed by atoms with E-state index in [0.29, 0.717) is 16.6 Å². The predicted molar refractivity (Wildman–Crippen MR) is 113 cm³/mol. The topological polar surface area (TPSA) is 55.4 Å². The van der Waals surface area contributed by atoms with Crippen LogP contribution in [0.15, 0.2) is 59.5 Å². The SMILES string of the molecule is CC12CC3CC(C)(C1)CC(NS(=O)(=O)c1ccc(Oc4ccccc4)cc1)(C3)C2. The highest BCUT2D eigenvalue weighted by molar-refractivity contribution is 7.89. The molecule has 0 aliphatic heterocycles. The zero-order valence-electron chi connectivity index (χ0n) is 17.1. The molecule has 0 radical (unpaired) electrons. The third-order valence-corrected chi connectivity index (χ3v) is 8.68. The first-order valence-corrected chi connectivity index (χ1v) is 12.0. The Morgan fingerprint density at radius 3 is 2.00 bits per heavy atom. The second kappa shape index (κ2) is 6.32. The molecule has 6 rings (SSSR count). The lowest BCUT2D eigenvalue weighted by Gasteiger charge is -2.65. The number of hydrogen-bond donors (Lipinski definition) is 1. The summed E-state index contributed by atoms with van der Waals surface area (Å²) in [7, 11) is -3.57. The Morgan fingerprint density at radius 1 is 0.828 bits per heavy atom. The van der Waals surface area contributed by atoms with Gasteiger partial charge in [0.05, 0.1) is 4.90 Å². The monoisotopic (exact) mass is 411 g/mol. The minimum atomic E-state index is -3.57. The van der Waals surface area contributed by atoms with Crippen molar-refractivity contribution >= 4 is 10.0 Å². The molecule has 0 heterocycles. The highest BCUT2D eigenvalue weighted by Gasteiger charge is 2.61. The molecule has 0 aromatic heterocycles. The van der Waals surface area contributed by atoms with Gasteiger partial charge < -0.3 is 4.74 Å². The van der Waals surface area contributed by atoms with E-state index in [0.717, 1.165) is 25.0 Å². The molecule has 4 saturated carbocycles. The van der Waals surface area contributed by atoms with E-state index in [9.17, 15) is 8.42 Å². The van der Waals surface area contributed by atoms with Crippen LogP contribution in [0.5, 0.6) is 11.5 Å². The normalized spacial score (nSPS) is 35.6. The Kier molecular flexibility index (Phi) is 4.17. The van der Waals surface area contributed by atoms with Crippen molar-refractivity contribution in [1.82, 2.24) is 4.72 Å². The van der Waals surface area contributed by atoms with Gasteiger partial charge in [0.15, 0.2) is 0 Å². The van der Waals surface area contributed by atoms with Crippen molar-refractivity contribution in [3.63, 3.8) is 0 Å². The lowest BCUT2D eigenvalue weighted by Crippen LogP contribution is -2.65. The van der Waals surface area contributed by atoms with Gasteiger partial charge in [-0.25, -0.2) is 13.1 Å². The fraction of sp³-hybridized carbons (Fsp3) is 0.500. The molecule has 4 bridgehead atoms. The van der Waals surface area contributed by atoms with Gasteiger partial charge >= 0.3 is 0 Å². The summed E-state index contributed by atoms with van der Waals surface area (Å²) in [6.07, 6.45) is 6.62. The average molecular weight is 412 g/mol. The number of ether oxygens (including phenoxy) is 1. The van der Waals surface area contributed by atoms with Gasteiger partial charge in [0.25, 0.3) is 0 Å². The van der Waals surface area contributed by atoms with Gasteiger partial charge in [-0.2, -0.15) is 0 Å². The number of benzene rings is 2. The summed E-state index contributed by atoms with van der Waals surface area (Å²) < 4.78 is 35.4. The summed E-state index contributed by atoms with van der Waals surface area (Å²) in [6.45, 7) is 4.71. The first kappa shape index (κ1) is 19.1. The van der Waals surface area contributed by atoms with E-state index in [1.807, 2.05) is 30.3 Å². The van der Waals surface area contributed by atoms with E-state index in [1.165, 1.54) is 19.3 Å². The third kappa shape index (κ3) is 3.59. The van der Waals surface area contributed by atoms with Crippen molar-refractivity contribution < 1.29 is 13.2 Å². The summed E-state index contributed by atoms with van der Waals surface area (Å²) in [5, 5.41) is 0. The van der Waals surface area contributed by atoms with Crippen LogP contribution in [0, 0.1) is 16.7 Å². The van der Waals surface area contributed by atoms with Crippen LogP contribution in [-0.4, -0.2) is 14.0 Å². The first-order chi connectivity index (χ1) is 13.7. The van der Waals surface area contributed by atoms with Crippen LogP contribution in [-0.2, 0) is 10.0 Å². The molecule has 0 amide bonds. The highest BCUT2D eigenvalue weighted by atomic mass is 32.2. The quantitative estimate of drug-likeness (QED) is 0.706. The van der Waals surface area contributed by atoms with Crippen molar-refractivity contribution in [2.75, 3.05) is 0 Å². The maximum atomic E-state index is 13.2. The van der Waals surface area contributed by atoms with Crippen LogP contribution in [0.1, 0.15) is 52.4 Å². The Balaban J connectivity index is 1.36. The third-order valence-electron chi connectivity index (χ3n) is 7.09. The second-order valence-electron chi connectivity index (χ2n) is 10.4. The smallest absolute Gasteiger partial charge is 0.241 e. The van der Waals surface area contributed by atoms with Gasteiger partial charge in [-0.05, 0) is 91.7 Å². The number of para-hydroxylation sites is 1. The van der Waals surface area contributed by atoms with Gasteiger partial charge in [0, 0.05) is 5.54 Å². The fourth-order valence-corrected chi connectivity index (χ4v) is 8.63. The number of hydrogen-bond acceptors (Lipinski definition) is 3. The number of rotatable bonds is 5. The minimum absolute atomic E-state index is 0.268. The van der Waals surface area contributed by atoms with Crippen molar-refractivity contribution in [2.24, 2.45) is 16.7 Å². The number of sulfonamides is 1. The van der Waals surface area contributed by atoms with E-state index in [-0.39, 0.29) is 16.4 Å². The molecule has 0 spiro atoms. The summed E-state index contributed by atoms with van der Waals surface area (Å²) in [4.78, 5) is 0.309. The summed E-state index contributed by atoms with van der Waals surface area (Å²) in [6, 6.07) is 16.2. The van der Waals surface area contributed by atoms with Crippen molar-refractivity contribution in [3.05, 3.63) is 54.6 Å². The molecule has 29 heavy (non-hydrogen) atoms. The molecule has 4 nitrogen and oxygen atoms in total. The minimum Gasteiger partial charge on any atom is -0.457 e. The average Bonchev–Trinajstić information content (AvgIpc) is 2.59. The maximum Gasteiger partial charge on any atom is 0.241 e. The lowest BCUT2D eigenvalue weighted by atomic mass is 9.43. The lowest BCUT2D eigenvalue weighted by molar-refractivity contribution is -0.110. The molecule has 4 aliphatic rings. The predicted octanol–water partition coefficient (Wildman–Crippen LogP) is 5.51. The standard InChI is InChI=1S/C24H29NO3S/c1-22-12-18-13-23(2,15-22)17-24(14-18,16-22)25-29(26,27)21-10-8-20(9-11-21)28-19-6-4-3-5-7-19/h3-11,18,25H,12-17H2,1-2H3. The first-order valence-electron chi connectivity index (χ1n) is 10.5. The van der Waals surface area contributed by atoms with E-state index in [2.05, 4.69) is 18.6 Å². The van der Waals surface area contributed by atoms with Crippen LogP contribution in [0.3, 0.4) is 0 Å². The van der Waals surface area contributed by atoms with Gasteiger partial charge in [-0.1, -0.05) is 32.0 Å². The Morgan fingerprint density at radius 2 is 1.41 bits per heavy atom. The van der Waals surface area contributed by atoms with Crippen LogP contribution < -0.4 is 9.46 Å². The van der Waals surface area contributed by atoms with Crippen molar-refractivity contribution in [3.8, 4) is 11.5 Å². The molecule has 2 aromatic rings. The summed E-state index contributed by atoms with van der Waals surface area (Å²) in [5.74, 6) is 2.01.